The summed E-state index contributed by atoms with van der Waals surface area (Å²) in [7, 11) is 0. The quantitative estimate of drug-likeness (QED) is 0.441. The summed E-state index contributed by atoms with van der Waals surface area (Å²) >= 11 is -0.518. The van der Waals surface area contributed by atoms with Gasteiger partial charge in [0.1, 0.15) is 18.1 Å². The van der Waals surface area contributed by atoms with E-state index in [1.807, 2.05) is 0 Å². The lowest BCUT2D eigenvalue weighted by Gasteiger charge is -2.04. The topological polar surface area (TPSA) is 57.5 Å². The zero-order chi connectivity index (χ0) is 14.3. The minimum absolute atomic E-state index is 0.237. The summed E-state index contributed by atoms with van der Waals surface area (Å²) in [5.41, 5.74) is 0.453. The predicted octanol–water partition coefficient (Wildman–Crippen LogP) is 3.09. The Labute approximate surface area is 115 Å². The number of rotatable bonds is 7. The Morgan fingerprint density at radius 2 is 2.32 bits per heavy atom. The van der Waals surface area contributed by atoms with Crippen LogP contribution in [0.5, 0.6) is 0 Å². The average Bonchev–Trinajstić information content (AvgIpc) is 2.84. The molecule has 0 amide bonds. The first-order valence-corrected chi connectivity index (χ1v) is 7.43. The molecule has 0 aromatic carbocycles. The van der Waals surface area contributed by atoms with Crippen molar-refractivity contribution in [3.05, 3.63) is 23.0 Å². The Hall–Kier alpha value is -1.06. The van der Waals surface area contributed by atoms with Gasteiger partial charge in [-0.25, -0.2) is 4.39 Å². The summed E-state index contributed by atoms with van der Waals surface area (Å²) in [4.78, 5) is 8.70. The van der Waals surface area contributed by atoms with E-state index in [9.17, 15) is 17.7 Å². The molecular weight excluding hydrogens is 301 g/mol. The Morgan fingerprint density at radius 3 is 2.95 bits per heavy atom. The van der Waals surface area contributed by atoms with E-state index in [0.29, 0.717) is 12.3 Å². The third kappa shape index (κ3) is 5.62. The van der Waals surface area contributed by atoms with Gasteiger partial charge in [-0.15, -0.1) is 0 Å². The van der Waals surface area contributed by atoms with Crippen LogP contribution >= 0.6 is 11.3 Å². The van der Waals surface area contributed by atoms with Crippen molar-refractivity contribution in [2.45, 2.75) is 17.7 Å². The molecule has 0 N–H and O–H groups in total. The molecule has 0 fully saturated rings. The minimum atomic E-state index is -2.37. The van der Waals surface area contributed by atoms with Gasteiger partial charge in [0, 0.05) is 16.6 Å². The largest absolute Gasteiger partial charge is 0.610 e. The van der Waals surface area contributed by atoms with Crippen LogP contribution in [0.3, 0.4) is 0 Å². The fraction of sp³-hybridized carbons (Fsp3) is 0.400. The maximum atomic E-state index is 12.6. The van der Waals surface area contributed by atoms with Gasteiger partial charge in [-0.3, -0.25) is 0 Å². The van der Waals surface area contributed by atoms with E-state index < -0.39 is 29.5 Å². The average molecular weight is 312 g/mol. The first kappa shape index (κ1) is 16.0. The summed E-state index contributed by atoms with van der Waals surface area (Å²) in [6.45, 7) is 2.19. The number of oxime groups is 1. The number of allylic oxidation sites excluding steroid dienone is 1. The lowest BCUT2D eigenvalue weighted by atomic mass is 10.4. The van der Waals surface area contributed by atoms with Crippen LogP contribution in [0.25, 0.3) is 0 Å². The van der Waals surface area contributed by atoms with E-state index in [0.717, 1.165) is 11.3 Å². The summed E-state index contributed by atoms with van der Waals surface area (Å²) < 4.78 is 48.1. The molecule has 0 aliphatic carbocycles. The van der Waals surface area contributed by atoms with E-state index in [-0.39, 0.29) is 10.1 Å². The fourth-order valence-corrected chi connectivity index (χ4v) is 3.03. The summed E-state index contributed by atoms with van der Waals surface area (Å²) in [6.07, 6.45) is -1.60. The van der Waals surface area contributed by atoms with Crippen LogP contribution in [0.15, 0.2) is 26.8 Å². The van der Waals surface area contributed by atoms with Gasteiger partial charge in [-0.1, -0.05) is 16.5 Å². The lowest BCUT2D eigenvalue weighted by Crippen LogP contribution is -2.07. The second kappa shape index (κ2) is 8.18. The Balaban J connectivity index is 2.54. The molecule has 1 heterocycles. The van der Waals surface area contributed by atoms with Crippen LogP contribution in [0.1, 0.15) is 19.0 Å². The molecule has 0 spiro atoms. The molecule has 0 saturated carbocycles. The van der Waals surface area contributed by atoms with E-state index in [2.05, 4.69) is 10.1 Å². The third-order valence-corrected chi connectivity index (χ3v) is 4.35. The van der Waals surface area contributed by atoms with Gasteiger partial charge in [0.15, 0.2) is 5.83 Å². The molecule has 0 bridgehead atoms. The molecule has 9 heteroatoms. The standard InChI is InChI=1S/C10H11F3N2O2S2/c1-2-17-14-5-7-6-18-10(15-7)19(16)4-3-8(11)9(12)13/h5-6H,2-4H2,1H3. The molecule has 1 aromatic rings. The molecule has 1 atom stereocenters. The number of aromatic nitrogens is 1. The highest BCUT2D eigenvalue weighted by Crippen LogP contribution is 2.20. The van der Waals surface area contributed by atoms with Gasteiger partial charge in [0.05, 0.1) is 12.6 Å². The van der Waals surface area contributed by atoms with Crippen LogP contribution < -0.4 is 0 Å². The molecular formula is C10H11F3N2O2S2. The summed E-state index contributed by atoms with van der Waals surface area (Å²) in [6, 6.07) is 0. The lowest BCUT2D eigenvalue weighted by molar-refractivity contribution is 0.160. The van der Waals surface area contributed by atoms with Crippen molar-refractivity contribution in [2.75, 3.05) is 12.4 Å². The van der Waals surface area contributed by atoms with Crippen molar-refractivity contribution < 1.29 is 22.6 Å². The summed E-state index contributed by atoms with van der Waals surface area (Å²) in [5.74, 6) is -1.78. The van der Waals surface area contributed by atoms with Crippen LogP contribution in [-0.2, 0) is 16.0 Å². The van der Waals surface area contributed by atoms with Crippen molar-refractivity contribution in [3.8, 4) is 0 Å². The fourth-order valence-electron chi connectivity index (χ4n) is 0.963. The van der Waals surface area contributed by atoms with Crippen molar-refractivity contribution >= 4 is 28.7 Å². The van der Waals surface area contributed by atoms with Gasteiger partial charge in [-0.05, 0) is 6.92 Å². The van der Waals surface area contributed by atoms with E-state index in [4.69, 9.17) is 4.84 Å². The Morgan fingerprint density at radius 1 is 1.58 bits per heavy atom. The van der Waals surface area contributed by atoms with Gasteiger partial charge in [0.2, 0.25) is 0 Å². The Kier molecular flexibility index (Phi) is 6.89. The van der Waals surface area contributed by atoms with Gasteiger partial charge >= 0.3 is 10.4 Å². The zero-order valence-electron chi connectivity index (χ0n) is 9.94. The SMILES string of the molecule is CCON=Cc1csc([S+]([O-])CCC(F)=C(F)F)n1. The number of nitrogens with zero attached hydrogens (tertiary/aromatic N) is 2. The van der Waals surface area contributed by atoms with Crippen LogP contribution in [0, 0.1) is 0 Å². The van der Waals surface area contributed by atoms with Crippen molar-refractivity contribution in [1.82, 2.24) is 4.98 Å². The van der Waals surface area contributed by atoms with Crippen LogP contribution in [0.4, 0.5) is 13.2 Å². The Bertz CT molecular complexity index is 461. The van der Waals surface area contributed by atoms with E-state index in [1.54, 1.807) is 12.3 Å². The molecule has 4 nitrogen and oxygen atoms in total. The predicted molar refractivity (Wildman–Crippen MR) is 67.6 cm³/mol. The third-order valence-electron chi connectivity index (χ3n) is 1.80. The second-order valence-corrected chi connectivity index (χ2v) is 5.76. The minimum Gasteiger partial charge on any atom is -0.610 e. The molecule has 19 heavy (non-hydrogen) atoms. The summed E-state index contributed by atoms with van der Waals surface area (Å²) in [5, 5.41) is 5.18. The highest BCUT2D eigenvalue weighted by Gasteiger charge is 2.18. The normalized spacial score (nSPS) is 12.7. The number of hydrogen-bond acceptors (Lipinski definition) is 5. The molecule has 1 unspecified atom stereocenters. The molecule has 0 aliphatic rings. The zero-order valence-corrected chi connectivity index (χ0v) is 11.6. The van der Waals surface area contributed by atoms with Crippen LogP contribution in [0.2, 0.25) is 0 Å². The van der Waals surface area contributed by atoms with E-state index >= 15 is 0 Å². The maximum Gasteiger partial charge on any atom is 0.302 e. The maximum absolute atomic E-state index is 12.6. The highest BCUT2D eigenvalue weighted by molar-refractivity contribution is 7.93. The van der Waals surface area contributed by atoms with Crippen LogP contribution in [-0.4, -0.2) is 28.1 Å². The molecule has 1 rings (SSSR count). The first-order chi connectivity index (χ1) is 9.04. The molecule has 1 aromatic heterocycles. The monoisotopic (exact) mass is 312 g/mol. The first-order valence-electron chi connectivity index (χ1n) is 5.23. The van der Waals surface area contributed by atoms with Crippen molar-refractivity contribution in [2.24, 2.45) is 5.16 Å². The molecule has 0 radical (unpaired) electrons. The smallest absolute Gasteiger partial charge is 0.302 e. The van der Waals surface area contributed by atoms with Crippen molar-refractivity contribution in [3.63, 3.8) is 0 Å². The molecule has 0 saturated heterocycles. The van der Waals surface area contributed by atoms with Gasteiger partial charge in [0.25, 0.3) is 0 Å². The molecule has 106 valence electrons. The van der Waals surface area contributed by atoms with Gasteiger partial charge in [-0.2, -0.15) is 13.8 Å². The second-order valence-electron chi connectivity index (χ2n) is 3.16. The van der Waals surface area contributed by atoms with Crippen molar-refractivity contribution in [1.29, 1.82) is 0 Å². The highest BCUT2D eigenvalue weighted by atomic mass is 32.2. The van der Waals surface area contributed by atoms with E-state index in [1.165, 1.54) is 6.21 Å². The van der Waals surface area contributed by atoms with Gasteiger partial charge < -0.3 is 9.39 Å². The number of hydrogen-bond donors (Lipinski definition) is 0. The number of thiazole rings is 1. The molecule has 0 aliphatic heterocycles. The number of halogens is 3.